The van der Waals surface area contributed by atoms with E-state index in [0.717, 1.165) is 18.9 Å². The molecule has 98 valence electrons. The van der Waals surface area contributed by atoms with Crippen molar-refractivity contribution in [2.45, 2.75) is 30.5 Å². The zero-order chi connectivity index (χ0) is 13.1. The molecule has 2 aliphatic rings. The number of hydrogen-bond acceptors (Lipinski definition) is 2. The third-order valence-electron chi connectivity index (χ3n) is 3.91. The van der Waals surface area contributed by atoms with E-state index in [4.69, 9.17) is 17.3 Å². The lowest BCUT2D eigenvalue weighted by molar-refractivity contribution is -0.138. The highest BCUT2D eigenvalue weighted by Gasteiger charge is 2.56. The molecule has 1 aromatic carbocycles. The van der Waals surface area contributed by atoms with Crippen molar-refractivity contribution < 1.29 is 13.2 Å². The zero-order valence-corrected chi connectivity index (χ0v) is 10.2. The van der Waals surface area contributed by atoms with E-state index in [-0.39, 0.29) is 23.6 Å². The number of halogens is 4. The van der Waals surface area contributed by atoms with Crippen molar-refractivity contribution in [2.24, 2.45) is 5.73 Å². The fourth-order valence-electron chi connectivity index (χ4n) is 2.89. The summed E-state index contributed by atoms with van der Waals surface area (Å²) in [5.41, 5.74) is 5.43. The number of fused-ring (bicyclic) bond motifs is 1. The summed E-state index contributed by atoms with van der Waals surface area (Å²) in [6.07, 6.45) is -2.68. The van der Waals surface area contributed by atoms with Crippen LogP contribution in [0.25, 0.3) is 0 Å². The first kappa shape index (κ1) is 12.1. The topological polar surface area (TPSA) is 38.0 Å². The van der Waals surface area contributed by atoms with E-state index in [0.29, 0.717) is 10.7 Å². The number of benzene rings is 1. The molecule has 1 aromatic rings. The molecule has 1 aliphatic heterocycles. The van der Waals surface area contributed by atoms with Crippen LogP contribution in [0.5, 0.6) is 0 Å². The Morgan fingerprint density at radius 3 is 2.56 bits per heavy atom. The number of nitrogens with one attached hydrogen (secondary N) is 1. The number of alkyl halides is 3. The first-order valence-corrected chi connectivity index (χ1v) is 6.15. The molecule has 1 atom stereocenters. The van der Waals surface area contributed by atoms with Crippen molar-refractivity contribution in [3.05, 3.63) is 28.3 Å². The Kier molecular flexibility index (Phi) is 2.38. The molecule has 3 N–H and O–H groups in total. The summed E-state index contributed by atoms with van der Waals surface area (Å²) in [6.45, 7) is 0.198. The molecule has 0 bridgehead atoms. The maximum absolute atomic E-state index is 13.0. The minimum absolute atomic E-state index is 0.198. The summed E-state index contributed by atoms with van der Waals surface area (Å²) in [6, 6.07) is 2.35. The van der Waals surface area contributed by atoms with Crippen molar-refractivity contribution in [2.75, 3.05) is 11.9 Å². The summed E-state index contributed by atoms with van der Waals surface area (Å²) in [7, 11) is 0. The molecule has 1 fully saturated rings. The Hall–Kier alpha value is -0.940. The molecule has 0 saturated heterocycles. The van der Waals surface area contributed by atoms with Gasteiger partial charge < -0.3 is 11.1 Å². The summed E-state index contributed by atoms with van der Waals surface area (Å²) in [4.78, 5) is 0. The molecule has 1 spiro atoms. The number of nitrogens with two attached hydrogens (primary N) is 1. The smallest absolute Gasteiger partial charge is 0.377 e. The second kappa shape index (κ2) is 3.54. The van der Waals surface area contributed by atoms with Gasteiger partial charge in [0.05, 0.1) is 16.3 Å². The summed E-state index contributed by atoms with van der Waals surface area (Å²) < 4.78 is 39.1. The van der Waals surface area contributed by atoms with Gasteiger partial charge in [-0.05, 0) is 30.5 Å². The van der Waals surface area contributed by atoms with Crippen LogP contribution in [0.2, 0.25) is 5.02 Å². The third-order valence-corrected chi connectivity index (χ3v) is 4.23. The molecular formula is C12H12ClF3N2. The van der Waals surface area contributed by atoms with Gasteiger partial charge in [-0.2, -0.15) is 13.2 Å². The van der Waals surface area contributed by atoms with Gasteiger partial charge in [0.25, 0.3) is 0 Å². The lowest BCUT2D eigenvalue weighted by Crippen LogP contribution is -2.28. The predicted molar refractivity (Wildman–Crippen MR) is 63.8 cm³/mol. The molecule has 2 nitrogen and oxygen atoms in total. The van der Waals surface area contributed by atoms with E-state index in [1.165, 1.54) is 6.07 Å². The Bertz CT molecular complexity index is 509. The molecule has 1 heterocycles. The van der Waals surface area contributed by atoms with E-state index in [1.807, 2.05) is 0 Å². The highest BCUT2D eigenvalue weighted by Crippen LogP contribution is 2.59. The minimum Gasteiger partial charge on any atom is -0.377 e. The Balaban J connectivity index is 2.21. The zero-order valence-electron chi connectivity index (χ0n) is 9.44. The summed E-state index contributed by atoms with van der Waals surface area (Å²) >= 11 is 6.00. The van der Waals surface area contributed by atoms with Crippen molar-refractivity contribution in [3.8, 4) is 0 Å². The fraction of sp³-hybridized carbons (Fsp3) is 0.500. The number of anilines is 1. The second-order valence-corrected chi connectivity index (χ2v) is 5.36. The average Bonchev–Trinajstić information content (AvgIpc) is 2.93. The van der Waals surface area contributed by atoms with Crippen molar-refractivity contribution >= 4 is 17.3 Å². The van der Waals surface area contributed by atoms with Crippen LogP contribution in [-0.4, -0.2) is 12.1 Å². The number of hydrogen-bond donors (Lipinski definition) is 2. The maximum Gasteiger partial charge on any atom is 0.416 e. The van der Waals surface area contributed by atoms with Crippen LogP contribution in [0.15, 0.2) is 12.1 Å². The Labute approximate surface area is 107 Å². The highest BCUT2D eigenvalue weighted by atomic mass is 35.5. The van der Waals surface area contributed by atoms with Crippen LogP contribution in [-0.2, 0) is 6.18 Å². The van der Waals surface area contributed by atoms with Gasteiger partial charge in [0.1, 0.15) is 0 Å². The van der Waals surface area contributed by atoms with Gasteiger partial charge in [-0.3, -0.25) is 0 Å². The van der Waals surface area contributed by atoms with Crippen LogP contribution < -0.4 is 11.1 Å². The third kappa shape index (κ3) is 1.53. The molecule has 0 aromatic heterocycles. The van der Waals surface area contributed by atoms with Gasteiger partial charge in [-0.25, -0.2) is 0 Å². The van der Waals surface area contributed by atoms with Crippen LogP contribution in [0.3, 0.4) is 0 Å². The number of rotatable bonds is 1. The van der Waals surface area contributed by atoms with Gasteiger partial charge in [0, 0.05) is 18.0 Å². The van der Waals surface area contributed by atoms with Crippen molar-refractivity contribution in [1.82, 2.24) is 0 Å². The highest BCUT2D eigenvalue weighted by molar-refractivity contribution is 6.33. The quantitative estimate of drug-likeness (QED) is 0.825. The van der Waals surface area contributed by atoms with E-state index in [2.05, 4.69) is 5.32 Å². The monoisotopic (exact) mass is 276 g/mol. The minimum atomic E-state index is -4.37. The molecule has 1 saturated carbocycles. The van der Waals surface area contributed by atoms with Crippen LogP contribution in [0.4, 0.5) is 18.9 Å². The van der Waals surface area contributed by atoms with Crippen LogP contribution in [0, 0.1) is 0 Å². The fourth-order valence-corrected chi connectivity index (χ4v) is 3.11. The second-order valence-electron chi connectivity index (χ2n) is 4.95. The van der Waals surface area contributed by atoms with Gasteiger partial charge >= 0.3 is 6.18 Å². The van der Waals surface area contributed by atoms with Gasteiger partial charge in [0.15, 0.2) is 0 Å². The molecule has 1 aliphatic carbocycles. The van der Waals surface area contributed by atoms with Gasteiger partial charge in [-0.1, -0.05) is 11.6 Å². The van der Waals surface area contributed by atoms with Crippen molar-refractivity contribution in [1.29, 1.82) is 0 Å². The van der Waals surface area contributed by atoms with E-state index < -0.39 is 11.7 Å². The molecular weight excluding hydrogens is 265 g/mol. The normalized spacial score (nSPS) is 23.9. The molecule has 3 rings (SSSR count). The average molecular weight is 277 g/mol. The summed E-state index contributed by atoms with van der Waals surface area (Å²) in [5, 5.41) is 3.49. The van der Waals surface area contributed by atoms with Crippen LogP contribution in [0.1, 0.15) is 29.9 Å². The largest absolute Gasteiger partial charge is 0.416 e. The maximum atomic E-state index is 13.0. The van der Waals surface area contributed by atoms with E-state index >= 15 is 0 Å². The molecule has 6 heteroatoms. The lowest BCUT2D eigenvalue weighted by atomic mass is 9.89. The first-order valence-electron chi connectivity index (χ1n) is 5.77. The lowest BCUT2D eigenvalue weighted by Gasteiger charge is -2.19. The van der Waals surface area contributed by atoms with Crippen molar-refractivity contribution in [3.63, 3.8) is 0 Å². The predicted octanol–water partition coefficient (Wildman–Crippen LogP) is 3.36. The standard InChI is InChI=1S/C12H12ClF3N2/c13-8-2-1-6(12(14,15)16)9-7(5-17)11(3-4-11)18-10(8)9/h1-2,7,18H,3-5,17H2. The molecule has 0 amide bonds. The first-order chi connectivity index (χ1) is 8.39. The molecule has 18 heavy (non-hydrogen) atoms. The SMILES string of the molecule is NCC1c2c(C(F)(F)F)ccc(Cl)c2NC12CC2. The molecule has 1 unspecified atom stereocenters. The summed E-state index contributed by atoms with van der Waals surface area (Å²) in [5.74, 6) is -0.303. The van der Waals surface area contributed by atoms with Gasteiger partial charge in [-0.15, -0.1) is 0 Å². The van der Waals surface area contributed by atoms with E-state index in [9.17, 15) is 13.2 Å². The Morgan fingerprint density at radius 1 is 1.39 bits per heavy atom. The van der Waals surface area contributed by atoms with Gasteiger partial charge in [0.2, 0.25) is 0 Å². The van der Waals surface area contributed by atoms with Crippen LogP contribution >= 0.6 is 11.6 Å². The molecule has 0 radical (unpaired) electrons. The van der Waals surface area contributed by atoms with E-state index in [1.54, 1.807) is 0 Å². The Morgan fingerprint density at radius 2 is 2.06 bits per heavy atom.